The van der Waals surface area contributed by atoms with Crippen LogP contribution < -0.4 is 20.4 Å². The van der Waals surface area contributed by atoms with Crippen LogP contribution in [0.4, 0.5) is 0 Å². The van der Waals surface area contributed by atoms with E-state index < -0.39 is 0 Å². The molecule has 33 heavy (non-hydrogen) atoms. The fourth-order valence-electron chi connectivity index (χ4n) is 5.15. The van der Waals surface area contributed by atoms with Crippen LogP contribution in [-0.2, 0) is 18.6 Å². The van der Waals surface area contributed by atoms with E-state index in [2.05, 4.69) is 27.7 Å². The van der Waals surface area contributed by atoms with Gasteiger partial charge in [0.2, 0.25) is 0 Å². The van der Waals surface area contributed by atoms with E-state index in [-0.39, 0.29) is 36.6 Å². The lowest BCUT2D eigenvalue weighted by atomic mass is 9.78. The number of fused-ring (bicyclic) bond motifs is 2. The van der Waals surface area contributed by atoms with Gasteiger partial charge in [0, 0.05) is 30.2 Å². The molecule has 0 N–H and O–H groups in total. The highest BCUT2D eigenvalue weighted by Gasteiger charge is 2.72. The van der Waals surface area contributed by atoms with E-state index in [0.717, 1.165) is 41.7 Å². The SMILES string of the molecule is CC12CC1(C)OB(c1ccccc1OCCCOc1ccccc1B1OC3(C)CC3(C)O1)O2. The second-order valence-corrected chi connectivity index (χ2v) is 10.5. The largest absolute Gasteiger partial charge is 0.498 e. The summed E-state index contributed by atoms with van der Waals surface area (Å²) in [6.45, 7) is 9.50. The lowest BCUT2D eigenvalue weighted by molar-refractivity contribution is 0.187. The van der Waals surface area contributed by atoms with E-state index in [1.807, 2.05) is 48.5 Å². The van der Waals surface area contributed by atoms with Crippen LogP contribution >= 0.6 is 0 Å². The van der Waals surface area contributed by atoms with Gasteiger partial charge in [-0.1, -0.05) is 36.4 Å². The van der Waals surface area contributed by atoms with Crippen LogP contribution in [-0.4, -0.2) is 49.9 Å². The molecule has 172 valence electrons. The Hall–Kier alpha value is -1.99. The van der Waals surface area contributed by atoms with Crippen molar-refractivity contribution in [3.8, 4) is 11.5 Å². The first-order chi connectivity index (χ1) is 15.7. The maximum Gasteiger partial charge on any atom is 0.498 e. The topological polar surface area (TPSA) is 55.4 Å². The van der Waals surface area contributed by atoms with Crippen LogP contribution in [0.2, 0.25) is 0 Å². The zero-order chi connectivity index (χ0) is 22.9. The minimum absolute atomic E-state index is 0.186. The van der Waals surface area contributed by atoms with E-state index in [1.54, 1.807) is 0 Å². The summed E-state index contributed by atoms with van der Waals surface area (Å²) in [6, 6.07) is 15.9. The predicted molar refractivity (Wildman–Crippen MR) is 126 cm³/mol. The Kier molecular flexibility index (Phi) is 4.73. The number of hydrogen-bond acceptors (Lipinski definition) is 6. The molecule has 2 aromatic carbocycles. The molecule has 4 fully saturated rings. The summed E-state index contributed by atoms with van der Waals surface area (Å²) in [5.41, 5.74) is 1.13. The van der Waals surface area contributed by atoms with Crippen LogP contribution in [0.15, 0.2) is 48.5 Å². The van der Waals surface area contributed by atoms with Gasteiger partial charge in [-0.15, -0.1) is 0 Å². The molecule has 6 nitrogen and oxygen atoms in total. The summed E-state index contributed by atoms with van der Waals surface area (Å²) < 4.78 is 36.9. The standard InChI is InChI=1S/C25H30B2O6/c1-22-16-23(22,2)31-26(30-22)18-10-5-7-12-20(18)28-14-9-15-29-21-13-8-6-11-19(21)27-32-24(3)17-25(24,4)33-27/h5-8,10-13H,9,14-17H2,1-4H3. The van der Waals surface area contributed by atoms with Crippen LogP contribution in [0.3, 0.4) is 0 Å². The van der Waals surface area contributed by atoms with E-state index >= 15 is 0 Å². The van der Waals surface area contributed by atoms with Crippen molar-refractivity contribution in [2.75, 3.05) is 13.2 Å². The Morgan fingerprint density at radius 1 is 0.636 bits per heavy atom. The first kappa shape index (κ1) is 21.5. The summed E-state index contributed by atoms with van der Waals surface area (Å²) in [4.78, 5) is 0. The Labute approximate surface area is 196 Å². The first-order valence-corrected chi connectivity index (χ1v) is 11.9. The van der Waals surface area contributed by atoms with Crippen LogP contribution in [0.5, 0.6) is 11.5 Å². The lowest BCUT2D eigenvalue weighted by Gasteiger charge is -2.17. The summed E-state index contributed by atoms with van der Waals surface area (Å²) >= 11 is 0. The molecule has 2 aliphatic carbocycles. The van der Waals surface area contributed by atoms with Gasteiger partial charge in [0.15, 0.2) is 0 Å². The molecule has 2 heterocycles. The van der Waals surface area contributed by atoms with Crippen LogP contribution in [0.25, 0.3) is 0 Å². The molecule has 4 atom stereocenters. The third kappa shape index (κ3) is 3.50. The molecule has 2 saturated heterocycles. The molecule has 2 aromatic rings. The normalized spacial score (nSPS) is 35.9. The van der Waals surface area contributed by atoms with E-state index in [0.29, 0.717) is 13.2 Å². The highest BCUT2D eigenvalue weighted by molar-refractivity contribution is 6.63. The molecule has 0 aromatic heterocycles. The monoisotopic (exact) mass is 448 g/mol. The van der Waals surface area contributed by atoms with E-state index in [1.165, 1.54) is 0 Å². The van der Waals surface area contributed by atoms with Crippen molar-refractivity contribution >= 4 is 25.2 Å². The average molecular weight is 448 g/mol. The molecule has 0 bridgehead atoms. The molecule has 4 unspecified atom stereocenters. The second kappa shape index (κ2) is 7.25. The predicted octanol–water partition coefficient (Wildman–Crippen LogP) is 2.86. The van der Waals surface area contributed by atoms with Crippen molar-refractivity contribution in [3.63, 3.8) is 0 Å². The Balaban J connectivity index is 1.03. The van der Waals surface area contributed by atoms with Crippen molar-refractivity contribution in [2.45, 2.75) is 69.4 Å². The van der Waals surface area contributed by atoms with Crippen LogP contribution in [0, 0.1) is 0 Å². The smallest absolute Gasteiger partial charge is 0.494 e. The molecule has 2 saturated carbocycles. The van der Waals surface area contributed by atoms with Gasteiger partial charge in [-0.05, 0) is 39.8 Å². The quantitative estimate of drug-likeness (QED) is 0.458. The molecule has 6 rings (SSSR count). The van der Waals surface area contributed by atoms with Crippen LogP contribution in [0.1, 0.15) is 47.0 Å². The Morgan fingerprint density at radius 2 is 1.00 bits per heavy atom. The van der Waals surface area contributed by atoms with E-state index in [9.17, 15) is 0 Å². The van der Waals surface area contributed by atoms with Crippen molar-refractivity contribution < 1.29 is 28.1 Å². The highest BCUT2D eigenvalue weighted by Crippen LogP contribution is 2.59. The van der Waals surface area contributed by atoms with Gasteiger partial charge in [-0.3, -0.25) is 0 Å². The number of para-hydroxylation sites is 2. The number of rotatable bonds is 8. The summed E-state index contributed by atoms with van der Waals surface area (Å²) in [5.74, 6) is 1.59. The van der Waals surface area contributed by atoms with Gasteiger partial charge in [0.05, 0.1) is 35.6 Å². The molecule has 4 aliphatic rings. The van der Waals surface area contributed by atoms with Gasteiger partial charge in [-0.25, -0.2) is 0 Å². The minimum atomic E-state index is -0.380. The number of ether oxygens (including phenoxy) is 2. The zero-order valence-electron chi connectivity index (χ0n) is 19.8. The first-order valence-electron chi connectivity index (χ1n) is 11.9. The molecular weight excluding hydrogens is 418 g/mol. The maximum absolute atomic E-state index is 6.17. The highest BCUT2D eigenvalue weighted by atomic mass is 16.7. The number of hydrogen-bond donors (Lipinski definition) is 0. The number of benzene rings is 2. The molecule has 0 spiro atoms. The van der Waals surface area contributed by atoms with Crippen molar-refractivity contribution in [2.24, 2.45) is 0 Å². The van der Waals surface area contributed by atoms with Gasteiger partial charge in [0.25, 0.3) is 0 Å². The third-order valence-electron chi connectivity index (χ3n) is 7.95. The van der Waals surface area contributed by atoms with Crippen molar-refractivity contribution in [1.29, 1.82) is 0 Å². The van der Waals surface area contributed by atoms with Gasteiger partial charge < -0.3 is 28.1 Å². The summed E-state index contributed by atoms with van der Waals surface area (Å²) in [7, 11) is -0.760. The van der Waals surface area contributed by atoms with Crippen molar-refractivity contribution in [3.05, 3.63) is 48.5 Å². The van der Waals surface area contributed by atoms with Gasteiger partial charge in [-0.2, -0.15) is 0 Å². The summed E-state index contributed by atoms with van der Waals surface area (Å²) in [6.07, 6.45) is 2.62. The molecule has 2 aliphatic heterocycles. The minimum Gasteiger partial charge on any atom is -0.494 e. The lowest BCUT2D eigenvalue weighted by Crippen LogP contribution is -2.37. The third-order valence-corrected chi connectivity index (χ3v) is 7.95. The second-order valence-electron chi connectivity index (χ2n) is 10.5. The maximum atomic E-state index is 6.17. The molecule has 0 radical (unpaired) electrons. The van der Waals surface area contributed by atoms with Gasteiger partial charge >= 0.3 is 14.2 Å². The molecular formula is C25H30B2O6. The summed E-state index contributed by atoms with van der Waals surface area (Å²) in [5, 5.41) is 0. The molecule has 8 heteroatoms. The average Bonchev–Trinajstić information content (AvgIpc) is 3.41. The molecule has 0 amide bonds. The Bertz CT molecular complexity index is 967. The van der Waals surface area contributed by atoms with E-state index in [4.69, 9.17) is 28.1 Å². The van der Waals surface area contributed by atoms with Crippen molar-refractivity contribution in [1.82, 2.24) is 0 Å². The Morgan fingerprint density at radius 3 is 1.39 bits per heavy atom. The van der Waals surface area contributed by atoms with Gasteiger partial charge in [0.1, 0.15) is 11.5 Å². The zero-order valence-corrected chi connectivity index (χ0v) is 19.8. The fraction of sp³-hybridized carbons (Fsp3) is 0.520. The fourth-order valence-corrected chi connectivity index (χ4v) is 5.15.